The van der Waals surface area contributed by atoms with Crippen LogP contribution in [0.1, 0.15) is 51.4 Å². The highest BCUT2D eigenvalue weighted by molar-refractivity contribution is 5.49. The molecule has 0 atom stereocenters. The summed E-state index contributed by atoms with van der Waals surface area (Å²) in [5.41, 5.74) is 1.31. The molecule has 0 bridgehead atoms. The van der Waals surface area contributed by atoms with Crippen LogP contribution in [-0.4, -0.2) is 22.6 Å². The number of aromatic nitrogens is 2. The Hall–Kier alpha value is -1.12. The smallest absolute Gasteiger partial charge is 0.135 e. The quantitative estimate of drug-likeness (QED) is 0.766. The second kappa shape index (κ2) is 4.40. The van der Waals surface area contributed by atoms with E-state index in [1.807, 2.05) is 6.20 Å². The van der Waals surface area contributed by atoms with Gasteiger partial charge in [-0.2, -0.15) is 0 Å². The fourth-order valence-corrected chi connectivity index (χ4v) is 2.16. The van der Waals surface area contributed by atoms with Gasteiger partial charge in [-0.05, 0) is 26.7 Å². The molecular weight excluding hydrogens is 198 g/mol. The summed E-state index contributed by atoms with van der Waals surface area (Å²) < 4.78 is 0. The highest BCUT2D eigenvalue weighted by Crippen LogP contribution is 2.27. The first-order chi connectivity index (χ1) is 7.59. The second-order valence-corrected chi connectivity index (χ2v) is 5.12. The predicted octanol–water partition coefficient (Wildman–Crippen LogP) is 2.76. The van der Waals surface area contributed by atoms with Gasteiger partial charge >= 0.3 is 0 Å². The Kier molecular flexibility index (Phi) is 3.13. The molecule has 0 spiro atoms. The number of nitrogens with zero attached hydrogens (tertiary/aromatic N) is 3. The summed E-state index contributed by atoms with van der Waals surface area (Å²) in [6.07, 6.45) is 4.36. The molecule has 2 rings (SSSR count). The summed E-state index contributed by atoms with van der Waals surface area (Å²) >= 11 is 0. The zero-order chi connectivity index (χ0) is 11.7. The number of rotatable bonds is 2. The zero-order valence-electron chi connectivity index (χ0n) is 10.7. The van der Waals surface area contributed by atoms with Crippen molar-refractivity contribution in [1.29, 1.82) is 0 Å². The van der Waals surface area contributed by atoms with Crippen molar-refractivity contribution in [2.45, 2.75) is 52.5 Å². The summed E-state index contributed by atoms with van der Waals surface area (Å²) in [4.78, 5) is 11.6. The van der Waals surface area contributed by atoms with Gasteiger partial charge in [-0.25, -0.2) is 9.97 Å². The van der Waals surface area contributed by atoms with Crippen molar-refractivity contribution in [2.75, 3.05) is 11.4 Å². The average molecular weight is 219 g/mol. The monoisotopic (exact) mass is 219 g/mol. The van der Waals surface area contributed by atoms with Gasteiger partial charge in [-0.3, -0.25) is 0 Å². The topological polar surface area (TPSA) is 29.0 Å². The first kappa shape index (κ1) is 11.4. The van der Waals surface area contributed by atoms with Crippen LogP contribution in [0.3, 0.4) is 0 Å². The normalized spacial score (nSPS) is 15.8. The lowest BCUT2D eigenvalue weighted by molar-refractivity contribution is 0.605. The van der Waals surface area contributed by atoms with Crippen LogP contribution in [0, 0.1) is 0 Å². The Morgan fingerprint density at radius 2 is 2.00 bits per heavy atom. The van der Waals surface area contributed by atoms with Crippen LogP contribution in [-0.2, 0) is 6.42 Å². The molecule has 1 aromatic rings. The van der Waals surface area contributed by atoms with E-state index in [1.54, 1.807) is 0 Å². The Labute approximate surface area is 97.9 Å². The van der Waals surface area contributed by atoms with Crippen LogP contribution in [0.15, 0.2) is 6.20 Å². The van der Waals surface area contributed by atoms with Crippen molar-refractivity contribution < 1.29 is 0 Å². The third-order valence-corrected chi connectivity index (χ3v) is 3.12. The standard InChI is InChI=1S/C13H21N3/c1-9(2)12-14-8-11-6-5-7-16(10(3)4)13(11)15-12/h8-10H,5-7H2,1-4H3. The van der Waals surface area contributed by atoms with Gasteiger partial charge in [-0.1, -0.05) is 13.8 Å². The Bertz CT molecular complexity index is 371. The molecule has 1 aliphatic rings. The Morgan fingerprint density at radius 3 is 2.62 bits per heavy atom. The number of aryl methyl sites for hydroxylation is 1. The van der Waals surface area contributed by atoms with E-state index in [1.165, 1.54) is 17.8 Å². The third kappa shape index (κ3) is 2.04. The maximum atomic E-state index is 4.73. The number of fused-ring (bicyclic) bond motifs is 1. The van der Waals surface area contributed by atoms with Gasteiger partial charge in [0, 0.05) is 30.3 Å². The van der Waals surface area contributed by atoms with E-state index in [4.69, 9.17) is 4.98 Å². The lowest BCUT2D eigenvalue weighted by atomic mass is 10.1. The molecule has 1 aromatic heterocycles. The van der Waals surface area contributed by atoms with Crippen molar-refractivity contribution in [1.82, 2.24) is 9.97 Å². The van der Waals surface area contributed by atoms with Crippen molar-refractivity contribution in [3.63, 3.8) is 0 Å². The molecule has 0 unspecified atom stereocenters. The molecule has 0 radical (unpaired) electrons. The molecule has 3 nitrogen and oxygen atoms in total. The molecule has 3 heteroatoms. The van der Waals surface area contributed by atoms with Crippen LogP contribution in [0.25, 0.3) is 0 Å². The van der Waals surface area contributed by atoms with Crippen LogP contribution in [0.5, 0.6) is 0 Å². The van der Waals surface area contributed by atoms with Gasteiger partial charge in [0.05, 0.1) is 0 Å². The van der Waals surface area contributed by atoms with E-state index in [0.29, 0.717) is 12.0 Å². The largest absolute Gasteiger partial charge is 0.354 e. The summed E-state index contributed by atoms with van der Waals surface area (Å²) in [5, 5.41) is 0. The fraction of sp³-hybridized carbons (Fsp3) is 0.692. The molecule has 0 saturated heterocycles. The summed E-state index contributed by atoms with van der Waals surface area (Å²) in [5.74, 6) is 2.53. The average Bonchev–Trinajstić information content (AvgIpc) is 2.27. The van der Waals surface area contributed by atoms with Gasteiger partial charge in [0.25, 0.3) is 0 Å². The maximum absolute atomic E-state index is 4.73. The summed E-state index contributed by atoms with van der Waals surface area (Å²) in [7, 11) is 0. The van der Waals surface area contributed by atoms with Gasteiger partial charge in [-0.15, -0.1) is 0 Å². The maximum Gasteiger partial charge on any atom is 0.135 e. The van der Waals surface area contributed by atoms with Crippen molar-refractivity contribution >= 4 is 5.82 Å². The van der Waals surface area contributed by atoms with Crippen molar-refractivity contribution in [3.05, 3.63) is 17.6 Å². The van der Waals surface area contributed by atoms with Crippen molar-refractivity contribution in [3.8, 4) is 0 Å². The van der Waals surface area contributed by atoms with Crippen molar-refractivity contribution in [2.24, 2.45) is 0 Å². The molecule has 0 aromatic carbocycles. The van der Waals surface area contributed by atoms with Crippen LogP contribution >= 0.6 is 0 Å². The number of anilines is 1. The molecule has 0 N–H and O–H groups in total. The zero-order valence-corrected chi connectivity index (χ0v) is 10.7. The molecule has 16 heavy (non-hydrogen) atoms. The van der Waals surface area contributed by atoms with Gasteiger partial charge in [0.2, 0.25) is 0 Å². The highest BCUT2D eigenvalue weighted by atomic mass is 15.2. The van der Waals surface area contributed by atoms with Crippen LogP contribution < -0.4 is 4.90 Å². The Morgan fingerprint density at radius 1 is 1.25 bits per heavy atom. The minimum Gasteiger partial charge on any atom is -0.354 e. The molecule has 0 amide bonds. The summed E-state index contributed by atoms with van der Waals surface area (Å²) in [6, 6.07) is 0.522. The van der Waals surface area contributed by atoms with Crippen LogP contribution in [0.4, 0.5) is 5.82 Å². The van der Waals surface area contributed by atoms with E-state index in [2.05, 4.69) is 37.6 Å². The van der Waals surface area contributed by atoms with E-state index >= 15 is 0 Å². The van der Waals surface area contributed by atoms with Gasteiger partial charge < -0.3 is 4.90 Å². The molecule has 2 heterocycles. The van der Waals surface area contributed by atoms with Crippen LogP contribution in [0.2, 0.25) is 0 Å². The first-order valence-corrected chi connectivity index (χ1v) is 6.22. The van der Waals surface area contributed by atoms with E-state index in [0.717, 1.165) is 18.8 Å². The first-order valence-electron chi connectivity index (χ1n) is 6.22. The molecule has 88 valence electrons. The Balaban J connectivity index is 2.40. The lowest BCUT2D eigenvalue weighted by Crippen LogP contribution is -2.36. The number of hydrogen-bond donors (Lipinski definition) is 0. The minimum atomic E-state index is 0.404. The van der Waals surface area contributed by atoms with E-state index in [9.17, 15) is 0 Å². The molecule has 1 aliphatic heterocycles. The summed E-state index contributed by atoms with van der Waals surface area (Å²) in [6.45, 7) is 9.87. The minimum absolute atomic E-state index is 0.404. The molecule has 0 aliphatic carbocycles. The van der Waals surface area contributed by atoms with E-state index < -0.39 is 0 Å². The number of hydrogen-bond acceptors (Lipinski definition) is 3. The SMILES string of the molecule is CC(C)c1ncc2c(n1)N(C(C)C)CCC2. The predicted molar refractivity (Wildman–Crippen MR) is 66.9 cm³/mol. The third-order valence-electron chi connectivity index (χ3n) is 3.12. The fourth-order valence-electron chi connectivity index (χ4n) is 2.16. The molecule has 0 fully saturated rings. The van der Waals surface area contributed by atoms with Gasteiger partial charge in [0.15, 0.2) is 0 Å². The molecule has 0 saturated carbocycles. The molecular formula is C13H21N3. The lowest BCUT2D eigenvalue weighted by Gasteiger charge is -2.33. The highest BCUT2D eigenvalue weighted by Gasteiger charge is 2.21. The van der Waals surface area contributed by atoms with Gasteiger partial charge in [0.1, 0.15) is 11.6 Å². The second-order valence-electron chi connectivity index (χ2n) is 5.12. The van der Waals surface area contributed by atoms with E-state index in [-0.39, 0.29) is 0 Å².